The van der Waals surface area contributed by atoms with Crippen LogP contribution in [-0.4, -0.2) is 40.3 Å². The first-order valence-corrected chi connectivity index (χ1v) is 4.60. The van der Waals surface area contributed by atoms with Crippen molar-refractivity contribution in [1.29, 1.82) is 0 Å². The van der Waals surface area contributed by atoms with Gasteiger partial charge in [0.1, 0.15) is 6.10 Å². The lowest BCUT2D eigenvalue weighted by molar-refractivity contribution is -0.305. The van der Waals surface area contributed by atoms with E-state index in [1.807, 2.05) is 0 Å². The Hall–Kier alpha value is -1.14. The Bertz CT molecular complexity index is 233. The molecule has 0 aromatic carbocycles. The molecule has 1 amide bonds. The Balaban J connectivity index is 3.85. The molecular formula is C9H16NO5-. The van der Waals surface area contributed by atoms with Gasteiger partial charge in [-0.2, -0.15) is 0 Å². The molecule has 0 saturated heterocycles. The molecule has 3 N–H and O–H groups in total. The Morgan fingerprint density at radius 1 is 1.47 bits per heavy atom. The van der Waals surface area contributed by atoms with Gasteiger partial charge in [0.05, 0.1) is 5.60 Å². The van der Waals surface area contributed by atoms with E-state index in [-0.39, 0.29) is 19.4 Å². The minimum Gasteiger partial charge on any atom is -0.550 e. The van der Waals surface area contributed by atoms with E-state index in [0.717, 1.165) is 0 Å². The topological polar surface area (TPSA) is 110 Å². The van der Waals surface area contributed by atoms with Crippen molar-refractivity contribution < 1.29 is 24.9 Å². The summed E-state index contributed by atoms with van der Waals surface area (Å²) in [7, 11) is 0. The van der Waals surface area contributed by atoms with Gasteiger partial charge in [0, 0.05) is 25.4 Å². The highest BCUT2D eigenvalue weighted by atomic mass is 16.4. The van der Waals surface area contributed by atoms with E-state index >= 15 is 0 Å². The standard InChI is InChI=1S/C9H17NO5/c1-9(2,15)5-6(11)8(14)10-4-3-7(12)13/h6,11,15H,3-5H2,1-2H3,(H,10,14)(H,12,13)/p-1/t6-/m0/s1. The lowest BCUT2D eigenvalue weighted by Crippen LogP contribution is -2.40. The summed E-state index contributed by atoms with van der Waals surface area (Å²) in [5.41, 5.74) is -1.15. The molecule has 0 bridgehead atoms. The molecule has 0 aromatic rings. The minimum absolute atomic E-state index is 0.0932. The molecule has 0 aliphatic rings. The third-order valence-electron chi connectivity index (χ3n) is 1.62. The highest BCUT2D eigenvalue weighted by Gasteiger charge is 2.23. The van der Waals surface area contributed by atoms with Gasteiger partial charge in [-0.3, -0.25) is 4.79 Å². The van der Waals surface area contributed by atoms with Crippen molar-refractivity contribution in [2.45, 2.75) is 38.4 Å². The molecule has 0 aliphatic heterocycles. The van der Waals surface area contributed by atoms with Crippen LogP contribution in [0.25, 0.3) is 0 Å². The molecule has 0 unspecified atom stereocenters. The van der Waals surface area contributed by atoms with Crippen LogP contribution in [0.4, 0.5) is 0 Å². The van der Waals surface area contributed by atoms with E-state index in [9.17, 15) is 24.9 Å². The van der Waals surface area contributed by atoms with Crippen LogP contribution in [0.15, 0.2) is 0 Å². The first-order valence-electron chi connectivity index (χ1n) is 4.60. The number of carbonyl (C=O) groups excluding carboxylic acids is 2. The number of carboxylic acids is 1. The van der Waals surface area contributed by atoms with E-state index in [2.05, 4.69) is 5.32 Å². The van der Waals surface area contributed by atoms with Gasteiger partial charge in [-0.05, 0) is 13.8 Å². The zero-order chi connectivity index (χ0) is 12.1. The second kappa shape index (κ2) is 5.67. The summed E-state index contributed by atoms with van der Waals surface area (Å²) >= 11 is 0. The van der Waals surface area contributed by atoms with E-state index in [1.165, 1.54) is 13.8 Å². The first kappa shape index (κ1) is 13.9. The van der Waals surface area contributed by atoms with Crippen molar-refractivity contribution >= 4 is 11.9 Å². The van der Waals surface area contributed by atoms with Crippen LogP contribution in [0.2, 0.25) is 0 Å². The smallest absolute Gasteiger partial charge is 0.248 e. The van der Waals surface area contributed by atoms with E-state index in [4.69, 9.17) is 0 Å². The molecule has 0 spiro atoms. The van der Waals surface area contributed by atoms with Crippen LogP contribution in [0.3, 0.4) is 0 Å². The van der Waals surface area contributed by atoms with Gasteiger partial charge in [-0.15, -0.1) is 0 Å². The van der Waals surface area contributed by atoms with Gasteiger partial charge in [0.25, 0.3) is 0 Å². The van der Waals surface area contributed by atoms with Gasteiger partial charge in [0.15, 0.2) is 0 Å². The quantitative estimate of drug-likeness (QED) is 0.467. The summed E-state index contributed by atoms with van der Waals surface area (Å²) in [6.45, 7) is 2.83. The van der Waals surface area contributed by atoms with Crippen LogP contribution in [0.5, 0.6) is 0 Å². The number of hydrogen-bond acceptors (Lipinski definition) is 5. The number of aliphatic hydroxyl groups excluding tert-OH is 1. The van der Waals surface area contributed by atoms with Crippen LogP contribution in [0, 0.1) is 0 Å². The minimum atomic E-state index is -1.34. The van der Waals surface area contributed by atoms with Gasteiger partial charge in [-0.1, -0.05) is 0 Å². The molecule has 0 aliphatic carbocycles. The number of carboxylic acid groups (broad SMARTS) is 1. The fourth-order valence-corrected chi connectivity index (χ4v) is 0.971. The predicted octanol–water partition coefficient (Wildman–Crippen LogP) is -2.24. The summed E-state index contributed by atoms with van der Waals surface area (Å²) in [6.07, 6.45) is -1.75. The summed E-state index contributed by atoms with van der Waals surface area (Å²) in [5, 5.41) is 30.8. The number of amides is 1. The number of hydrogen-bond donors (Lipinski definition) is 3. The molecule has 1 atom stereocenters. The normalized spacial score (nSPS) is 13.3. The summed E-state index contributed by atoms with van der Waals surface area (Å²) in [5.74, 6) is -1.97. The molecule has 6 nitrogen and oxygen atoms in total. The molecule has 6 heteroatoms. The fourth-order valence-electron chi connectivity index (χ4n) is 0.971. The molecule has 88 valence electrons. The van der Waals surface area contributed by atoms with Crippen molar-refractivity contribution in [2.24, 2.45) is 0 Å². The predicted molar refractivity (Wildman–Crippen MR) is 49.6 cm³/mol. The molecule has 15 heavy (non-hydrogen) atoms. The van der Waals surface area contributed by atoms with Crippen molar-refractivity contribution in [3.05, 3.63) is 0 Å². The zero-order valence-corrected chi connectivity index (χ0v) is 8.82. The monoisotopic (exact) mass is 218 g/mol. The SMILES string of the molecule is CC(C)(O)C[C@H](O)C(=O)NCCC(=O)[O-]. The molecule has 0 radical (unpaired) electrons. The van der Waals surface area contributed by atoms with Crippen molar-refractivity contribution in [3.8, 4) is 0 Å². The maximum absolute atomic E-state index is 11.1. The van der Waals surface area contributed by atoms with E-state index < -0.39 is 23.6 Å². The molecule has 0 rings (SSSR count). The molecule has 0 heterocycles. The van der Waals surface area contributed by atoms with Gasteiger partial charge in [-0.25, -0.2) is 0 Å². The molecular weight excluding hydrogens is 202 g/mol. The van der Waals surface area contributed by atoms with Crippen molar-refractivity contribution in [1.82, 2.24) is 5.32 Å². The van der Waals surface area contributed by atoms with Crippen LogP contribution in [-0.2, 0) is 9.59 Å². The van der Waals surface area contributed by atoms with Crippen molar-refractivity contribution in [2.75, 3.05) is 6.54 Å². The zero-order valence-electron chi connectivity index (χ0n) is 8.82. The summed E-state index contributed by atoms with van der Waals surface area (Å²) in [6, 6.07) is 0. The second-order valence-corrected chi connectivity index (χ2v) is 3.95. The fraction of sp³-hybridized carbons (Fsp3) is 0.778. The van der Waals surface area contributed by atoms with E-state index in [0.29, 0.717) is 0 Å². The second-order valence-electron chi connectivity index (χ2n) is 3.95. The highest BCUT2D eigenvalue weighted by molar-refractivity contribution is 5.80. The Morgan fingerprint density at radius 2 is 2.00 bits per heavy atom. The average molecular weight is 218 g/mol. The Morgan fingerprint density at radius 3 is 2.40 bits per heavy atom. The van der Waals surface area contributed by atoms with Crippen LogP contribution in [0.1, 0.15) is 26.7 Å². The number of nitrogens with one attached hydrogen (secondary N) is 1. The molecule has 0 fully saturated rings. The third-order valence-corrected chi connectivity index (χ3v) is 1.62. The Labute approximate surface area is 87.9 Å². The number of aliphatic hydroxyl groups is 2. The van der Waals surface area contributed by atoms with E-state index in [1.54, 1.807) is 0 Å². The lowest BCUT2D eigenvalue weighted by Gasteiger charge is -2.20. The van der Waals surface area contributed by atoms with Gasteiger partial charge >= 0.3 is 0 Å². The van der Waals surface area contributed by atoms with Crippen LogP contribution >= 0.6 is 0 Å². The van der Waals surface area contributed by atoms with Crippen molar-refractivity contribution in [3.63, 3.8) is 0 Å². The molecule has 0 aromatic heterocycles. The summed E-state index contributed by atoms with van der Waals surface area (Å²) in [4.78, 5) is 21.1. The Kier molecular flexibility index (Phi) is 5.24. The average Bonchev–Trinajstić information content (AvgIpc) is 1.99. The molecule has 0 saturated carbocycles. The van der Waals surface area contributed by atoms with Gasteiger partial charge < -0.3 is 25.4 Å². The maximum Gasteiger partial charge on any atom is 0.248 e. The largest absolute Gasteiger partial charge is 0.550 e. The third kappa shape index (κ3) is 7.90. The first-order chi connectivity index (χ1) is 6.72. The number of aliphatic carboxylic acids is 1. The van der Waals surface area contributed by atoms with Gasteiger partial charge in [0.2, 0.25) is 5.91 Å². The summed E-state index contributed by atoms with van der Waals surface area (Å²) < 4.78 is 0. The number of rotatable bonds is 6. The van der Waals surface area contributed by atoms with Crippen LogP contribution < -0.4 is 10.4 Å². The lowest BCUT2D eigenvalue weighted by atomic mass is 10.0. The maximum atomic E-state index is 11.1. The number of carbonyl (C=O) groups is 2. The highest BCUT2D eigenvalue weighted by Crippen LogP contribution is 2.10.